The van der Waals surface area contributed by atoms with E-state index in [-0.39, 0.29) is 48.1 Å². The minimum absolute atomic E-state index is 0.152. The van der Waals surface area contributed by atoms with Gasteiger partial charge in [0, 0.05) is 63.5 Å². The van der Waals surface area contributed by atoms with Crippen LogP contribution in [0.15, 0.2) is 48.7 Å². The van der Waals surface area contributed by atoms with Gasteiger partial charge in [-0.1, -0.05) is 12.2 Å². The predicted octanol–water partition coefficient (Wildman–Crippen LogP) is 4.78. The molecule has 2 aliphatic rings. The summed E-state index contributed by atoms with van der Waals surface area (Å²) in [5.41, 5.74) is 14.8. The molecule has 25 nitrogen and oxygen atoms in total. The number of allylic oxidation sites excluding steroid dienone is 2. The number of aryl methyl sites for hydroxylation is 4. The van der Waals surface area contributed by atoms with E-state index in [1.807, 2.05) is 53.7 Å². The molecule has 0 spiro atoms. The van der Waals surface area contributed by atoms with Crippen LogP contribution in [0.25, 0.3) is 22.2 Å². The van der Waals surface area contributed by atoms with Crippen LogP contribution >= 0.6 is 0 Å². The van der Waals surface area contributed by atoms with Crippen LogP contribution in [0.1, 0.15) is 125 Å². The molecule has 400 valence electrons. The number of hydrogen-bond acceptors (Lipinski definition) is 15. The van der Waals surface area contributed by atoms with Crippen LogP contribution in [0.3, 0.4) is 0 Å². The molecule has 2 aliphatic heterocycles. The van der Waals surface area contributed by atoms with Gasteiger partial charge in [0.25, 0.3) is 11.8 Å². The third kappa shape index (κ3) is 11.3. The molecule has 5 amide bonds. The second-order valence-corrected chi connectivity index (χ2v) is 19.9. The fraction of sp³-hybridized carbons (Fsp3) is 0.451. The van der Waals surface area contributed by atoms with Gasteiger partial charge in [0.1, 0.15) is 39.6 Å². The van der Waals surface area contributed by atoms with E-state index < -0.39 is 29.2 Å². The standard InChI is InChI=1S/C51H64N18O7/c1-8-68-37(23-30(3)61-68)46(72)57-48-55-35-25-33(42(52)70)27-39(75-22-12-15-63-18-13-32(14-19-63)44-60-59-40-29-64(20-21-65(40)44)50(74)76-51(5,6)7)41(35)66(48)16-10-11-17-67-45-36(26-34(28-54-45)43(53)71)56-49(67)58-47(73)38-24-31(4)62-69(38)9-2/h10-11,23-28,32H,8-9,12-22,29H2,1-7H3,(H2,52,70)(H2,53,71)(H,55,57,72)(H,56,58,73)/b11-10+. The number of nitrogens with two attached hydrogens (primary N) is 2. The molecular formula is C51H64N18O7. The van der Waals surface area contributed by atoms with Gasteiger partial charge in [-0.2, -0.15) is 10.2 Å². The lowest BCUT2D eigenvalue weighted by atomic mass is 9.95. The number of piperidine rings is 1. The number of benzene rings is 1. The average Bonchev–Trinajstić information content (AvgIpc) is 4.23. The van der Waals surface area contributed by atoms with E-state index in [0.717, 1.165) is 44.1 Å². The molecular weight excluding hydrogens is 977 g/mol. The third-order valence-electron chi connectivity index (χ3n) is 13.3. The zero-order valence-electron chi connectivity index (χ0n) is 43.9. The van der Waals surface area contributed by atoms with Crippen molar-refractivity contribution >= 4 is 63.8 Å². The molecule has 7 aromatic rings. The first-order chi connectivity index (χ1) is 36.4. The normalized spacial score (nSPS) is 14.4. The highest BCUT2D eigenvalue weighted by atomic mass is 16.6. The maximum atomic E-state index is 14.0. The number of imidazole rings is 2. The Kier molecular flexibility index (Phi) is 15.0. The summed E-state index contributed by atoms with van der Waals surface area (Å²) in [4.78, 5) is 83.2. The quantitative estimate of drug-likeness (QED) is 0.0664. The van der Waals surface area contributed by atoms with Crippen molar-refractivity contribution in [2.24, 2.45) is 11.5 Å². The third-order valence-corrected chi connectivity index (χ3v) is 13.3. The fourth-order valence-electron chi connectivity index (χ4n) is 9.65. The molecule has 0 atom stereocenters. The number of nitrogens with one attached hydrogen (secondary N) is 2. The summed E-state index contributed by atoms with van der Waals surface area (Å²) < 4.78 is 20.9. The van der Waals surface area contributed by atoms with Gasteiger partial charge in [-0.3, -0.25) is 48.6 Å². The van der Waals surface area contributed by atoms with Crippen molar-refractivity contribution in [3.63, 3.8) is 0 Å². The zero-order valence-corrected chi connectivity index (χ0v) is 43.9. The van der Waals surface area contributed by atoms with Gasteiger partial charge < -0.3 is 35.0 Å². The number of anilines is 2. The number of carbonyl (C=O) groups is 5. The number of carbonyl (C=O) groups excluding carboxylic acids is 5. The van der Waals surface area contributed by atoms with E-state index in [9.17, 15) is 24.0 Å². The van der Waals surface area contributed by atoms with E-state index >= 15 is 0 Å². The Bertz CT molecular complexity index is 3380. The number of aromatic nitrogens is 12. The number of pyridine rings is 1. The van der Waals surface area contributed by atoms with Gasteiger partial charge in [0.15, 0.2) is 11.5 Å². The fourth-order valence-corrected chi connectivity index (χ4v) is 9.65. The maximum Gasteiger partial charge on any atom is 0.410 e. The molecule has 8 heterocycles. The molecule has 0 unspecified atom stereocenters. The van der Waals surface area contributed by atoms with Crippen molar-refractivity contribution in [2.75, 3.05) is 43.4 Å². The Balaban J connectivity index is 0.930. The van der Waals surface area contributed by atoms with E-state index in [1.165, 1.54) is 12.3 Å². The number of ether oxygens (including phenoxy) is 2. The molecule has 0 radical (unpaired) electrons. The Morgan fingerprint density at radius 2 is 1.37 bits per heavy atom. The summed E-state index contributed by atoms with van der Waals surface area (Å²) in [5.74, 6) is 0.439. The Morgan fingerprint density at radius 1 is 0.763 bits per heavy atom. The molecule has 25 heteroatoms. The van der Waals surface area contributed by atoms with E-state index in [0.29, 0.717) is 96.5 Å². The lowest BCUT2D eigenvalue weighted by Gasteiger charge is -2.33. The van der Waals surface area contributed by atoms with Crippen LogP contribution in [0, 0.1) is 13.8 Å². The number of primary amides is 2. The second-order valence-electron chi connectivity index (χ2n) is 19.9. The first-order valence-corrected chi connectivity index (χ1v) is 25.5. The smallest absolute Gasteiger partial charge is 0.410 e. The summed E-state index contributed by atoms with van der Waals surface area (Å²) in [6, 6.07) is 8.06. The minimum Gasteiger partial charge on any atom is -0.491 e. The van der Waals surface area contributed by atoms with Crippen LogP contribution in [-0.2, 0) is 44.0 Å². The van der Waals surface area contributed by atoms with Crippen molar-refractivity contribution in [3.8, 4) is 5.75 Å². The number of likely N-dealkylation sites (tertiary alicyclic amines) is 1. The monoisotopic (exact) mass is 1040 g/mol. The van der Waals surface area contributed by atoms with E-state index in [1.54, 1.807) is 54.6 Å². The lowest BCUT2D eigenvalue weighted by Crippen LogP contribution is -2.42. The van der Waals surface area contributed by atoms with Gasteiger partial charge in [0.2, 0.25) is 23.7 Å². The van der Waals surface area contributed by atoms with Crippen LogP contribution in [-0.4, -0.2) is 136 Å². The maximum absolute atomic E-state index is 14.0. The van der Waals surface area contributed by atoms with Crippen molar-refractivity contribution in [1.82, 2.24) is 68.2 Å². The molecule has 0 aliphatic carbocycles. The summed E-state index contributed by atoms with van der Waals surface area (Å²) in [5, 5.41) is 23.8. The lowest BCUT2D eigenvalue weighted by molar-refractivity contribution is 0.0193. The minimum atomic E-state index is -0.677. The van der Waals surface area contributed by atoms with E-state index in [2.05, 4.69) is 50.5 Å². The highest BCUT2D eigenvalue weighted by Crippen LogP contribution is 2.33. The average molecular weight is 1040 g/mol. The van der Waals surface area contributed by atoms with Gasteiger partial charge in [-0.15, -0.1) is 10.2 Å². The van der Waals surface area contributed by atoms with Crippen LogP contribution in [0.2, 0.25) is 0 Å². The molecule has 6 aromatic heterocycles. The number of rotatable bonds is 18. The molecule has 1 fully saturated rings. The van der Waals surface area contributed by atoms with Crippen molar-refractivity contribution in [1.29, 1.82) is 0 Å². The number of nitrogens with zero attached hydrogens (tertiary/aromatic N) is 14. The van der Waals surface area contributed by atoms with Crippen molar-refractivity contribution in [3.05, 3.63) is 94.2 Å². The van der Waals surface area contributed by atoms with Crippen LogP contribution in [0.4, 0.5) is 16.7 Å². The Labute approximate surface area is 437 Å². The SMILES string of the molecule is CCn1nc(C)cc1C(=O)Nc1nc2cc(C(N)=O)cnc2n1C/C=C/Cn1c(NC(=O)c2cc(C)nn2CC)nc2cc(C(N)=O)cc(OCCCN3CCC(c4nnc5n4CCN(C(=O)OC(C)(C)C)C5)CC3)c21. The van der Waals surface area contributed by atoms with Crippen molar-refractivity contribution in [2.45, 2.75) is 119 Å². The molecule has 76 heavy (non-hydrogen) atoms. The highest BCUT2D eigenvalue weighted by molar-refractivity contribution is 6.05. The second kappa shape index (κ2) is 21.8. The van der Waals surface area contributed by atoms with E-state index in [4.69, 9.17) is 25.9 Å². The van der Waals surface area contributed by atoms with Gasteiger partial charge in [0.05, 0.1) is 35.6 Å². The molecule has 0 saturated carbocycles. The Hall–Kier alpha value is -8.48. The van der Waals surface area contributed by atoms with Crippen LogP contribution in [0.5, 0.6) is 5.75 Å². The van der Waals surface area contributed by atoms with Crippen LogP contribution < -0.4 is 26.8 Å². The molecule has 1 saturated heterocycles. The molecule has 1 aromatic carbocycles. The van der Waals surface area contributed by atoms with Crippen molar-refractivity contribution < 1.29 is 33.4 Å². The van der Waals surface area contributed by atoms with Gasteiger partial charge in [-0.05, 0) is 111 Å². The number of hydrogen-bond donors (Lipinski definition) is 4. The Morgan fingerprint density at radius 3 is 1.99 bits per heavy atom. The molecule has 6 N–H and O–H groups in total. The number of amides is 5. The number of fused-ring (bicyclic) bond motifs is 3. The summed E-state index contributed by atoms with van der Waals surface area (Å²) in [7, 11) is 0. The zero-order chi connectivity index (χ0) is 54.0. The highest BCUT2D eigenvalue weighted by Gasteiger charge is 2.32. The summed E-state index contributed by atoms with van der Waals surface area (Å²) >= 11 is 0. The first-order valence-electron chi connectivity index (χ1n) is 25.5. The topological polar surface area (TPSA) is 301 Å². The largest absolute Gasteiger partial charge is 0.491 e. The molecule has 9 rings (SSSR count). The predicted molar refractivity (Wildman–Crippen MR) is 280 cm³/mol. The summed E-state index contributed by atoms with van der Waals surface area (Å²) in [6.45, 7) is 18.5. The summed E-state index contributed by atoms with van der Waals surface area (Å²) in [6.07, 6.45) is 7.17. The first kappa shape index (κ1) is 52.4. The molecule has 0 bridgehead atoms. The van der Waals surface area contributed by atoms with Gasteiger partial charge >= 0.3 is 6.09 Å². The van der Waals surface area contributed by atoms with Gasteiger partial charge in [-0.25, -0.2) is 19.7 Å².